The lowest BCUT2D eigenvalue weighted by Gasteiger charge is -2.36. The first-order valence-corrected chi connectivity index (χ1v) is 10.4. The molecule has 0 bridgehead atoms. The van der Waals surface area contributed by atoms with E-state index < -0.39 is 42.5 Å². The Morgan fingerprint density at radius 3 is 2.00 bits per heavy atom. The van der Waals surface area contributed by atoms with Crippen LogP contribution in [0.25, 0.3) is 11.1 Å². The molecular weight excluding hydrogens is 434 g/mol. The minimum atomic E-state index is -4.01. The molecule has 2 aromatic rings. The molecule has 176 valence electrons. The molecule has 0 saturated carbocycles. The van der Waals surface area contributed by atoms with E-state index in [9.17, 15) is 23.2 Å². The first kappa shape index (κ1) is 24.2. The van der Waals surface area contributed by atoms with Crippen LogP contribution >= 0.6 is 0 Å². The number of carboxylic acids is 1. The molecule has 2 N–H and O–H groups in total. The van der Waals surface area contributed by atoms with Gasteiger partial charge in [-0.1, -0.05) is 48.5 Å². The Labute approximate surface area is 190 Å². The van der Waals surface area contributed by atoms with Crippen LogP contribution in [0, 0.1) is 0 Å². The van der Waals surface area contributed by atoms with Gasteiger partial charge in [0.2, 0.25) is 0 Å². The number of ether oxygens (including phenoxy) is 1. The van der Waals surface area contributed by atoms with Crippen molar-refractivity contribution < 1.29 is 33.0 Å². The van der Waals surface area contributed by atoms with Crippen LogP contribution < -0.4 is 5.32 Å². The van der Waals surface area contributed by atoms with Crippen molar-refractivity contribution in [3.63, 3.8) is 0 Å². The number of rotatable bonds is 7. The summed E-state index contributed by atoms with van der Waals surface area (Å²) in [6, 6.07) is 15.4. The fourth-order valence-electron chi connectivity index (χ4n) is 3.85. The summed E-state index contributed by atoms with van der Waals surface area (Å²) in [5.41, 5.74) is 2.85. The molecule has 3 rings (SSSR count). The number of carboxylic acid groups (broad SMARTS) is 1. The van der Waals surface area contributed by atoms with E-state index >= 15 is 0 Å². The second-order valence-corrected chi connectivity index (χ2v) is 8.84. The first-order chi connectivity index (χ1) is 15.4. The van der Waals surface area contributed by atoms with Gasteiger partial charge in [0.05, 0.1) is 6.54 Å². The highest BCUT2D eigenvalue weighted by molar-refractivity contribution is 5.88. The van der Waals surface area contributed by atoms with E-state index in [0.29, 0.717) is 4.90 Å². The lowest BCUT2D eigenvalue weighted by molar-refractivity contribution is -0.165. The summed E-state index contributed by atoms with van der Waals surface area (Å²) in [6.45, 7) is 2.08. The van der Waals surface area contributed by atoms with Crippen molar-refractivity contribution in [1.29, 1.82) is 0 Å². The molecule has 33 heavy (non-hydrogen) atoms. The summed E-state index contributed by atoms with van der Waals surface area (Å²) in [4.78, 5) is 36.0. The van der Waals surface area contributed by atoms with Gasteiger partial charge in [0.25, 0.3) is 5.91 Å². The van der Waals surface area contributed by atoms with Crippen LogP contribution in [0.15, 0.2) is 48.5 Å². The number of halogens is 2. The lowest BCUT2D eigenvalue weighted by Crippen LogP contribution is -2.57. The van der Waals surface area contributed by atoms with E-state index in [1.165, 1.54) is 20.8 Å². The molecule has 0 unspecified atom stereocenters. The Kier molecular flexibility index (Phi) is 6.71. The number of benzene rings is 2. The molecule has 0 atom stereocenters. The largest absolute Gasteiger partial charge is 0.480 e. The van der Waals surface area contributed by atoms with E-state index in [2.05, 4.69) is 0 Å². The number of fused-ring (bicyclic) bond motifs is 3. The van der Waals surface area contributed by atoms with Crippen LogP contribution in [0.4, 0.5) is 13.6 Å². The second kappa shape index (κ2) is 9.17. The van der Waals surface area contributed by atoms with Gasteiger partial charge in [0.1, 0.15) is 13.2 Å². The third-order valence-corrected chi connectivity index (χ3v) is 5.46. The molecule has 0 aliphatic heterocycles. The highest BCUT2D eigenvalue weighted by Crippen LogP contribution is 2.44. The normalized spacial score (nSPS) is 13.1. The zero-order chi connectivity index (χ0) is 24.4. The van der Waals surface area contributed by atoms with Gasteiger partial charge in [-0.15, -0.1) is 0 Å². The summed E-state index contributed by atoms with van der Waals surface area (Å²) in [7, 11) is 0. The van der Waals surface area contributed by atoms with Crippen LogP contribution in [0.3, 0.4) is 0 Å². The van der Waals surface area contributed by atoms with Crippen molar-refractivity contribution >= 4 is 18.0 Å². The highest BCUT2D eigenvalue weighted by atomic mass is 19.3. The Hall–Kier alpha value is -3.49. The predicted octanol–water partition coefficient (Wildman–Crippen LogP) is 3.87. The molecular formula is C24H26F2N2O5. The predicted molar refractivity (Wildman–Crippen MR) is 117 cm³/mol. The van der Waals surface area contributed by atoms with Crippen LogP contribution in [-0.2, 0) is 14.3 Å². The summed E-state index contributed by atoms with van der Waals surface area (Å²) < 4.78 is 34.2. The third-order valence-electron chi connectivity index (χ3n) is 5.46. The number of nitrogens with one attached hydrogen (secondary N) is 1. The fraction of sp³-hybridized carbons (Fsp3) is 0.375. The highest BCUT2D eigenvalue weighted by Gasteiger charge is 2.46. The Morgan fingerprint density at radius 2 is 1.52 bits per heavy atom. The van der Waals surface area contributed by atoms with Crippen LogP contribution in [-0.4, -0.2) is 59.1 Å². The molecule has 0 aromatic heterocycles. The van der Waals surface area contributed by atoms with Crippen molar-refractivity contribution in [1.82, 2.24) is 10.2 Å². The summed E-state index contributed by atoms with van der Waals surface area (Å²) in [6.07, 6.45) is -1.09. The maximum Gasteiger partial charge on any atom is 0.407 e. The Balaban J connectivity index is 1.62. The Bertz CT molecular complexity index is 1020. The van der Waals surface area contributed by atoms with Crippen LogP contribution in [0.1, 0.15) is 37.8 Å². The van der Waals surface area contributed by atoms with Gasteiger partial charge in [0, 0.05) is 11.5 Å². The molecule has 0 heterocycles. The summed E-state index contributed by atoms with van der Waals surface area (Å²) in [5.74, 6) is -7.35. The molecule has 7 nitrogen and oxygen atoms in total. The standard InChI is InChI=1S/C24H26F2N2O5/c1-23(2,3)28(12-20(29)30)21(31)24(25,26)14-27-22(32)33-13-19-17-10-6-4-8-15(17)16-9-5-7-11-18(16)19/h4-11,19H,12-14H2,1-3H3,(H,27,32)(H,29,30). The number of carbonyl (C=O) groups excluding carboxylic acids is 2. The van der Waals surface area contributed by atoms with Crippen molar-refractivity contribution in [2.45, 2.75) is 38.2 Å². The third kappa shape index (κ3) is 5.30. The molecule has 0 spiro atoms. The van der Waals surface area contributed by atoms with Crippen LogP contribution in [0.2, 0.25) is 0 Å². The first-order valence-electron chi connectivity index (χ1n) is 10.4. The fourth-order valence-corrected chi connectivity index (χ4v) is 3.85. The average Bonchev–Trinajstić information content (AvgIpc) is 3.07. The van der Waals surface area contributed by atoms with Gasteiger partial charge in [-0.3, -0.25) is 9.59 Å². The number of alkyl carbamates (subject to hydrolysis) is 1. The summed E-state index contributed by atoms with van der Waals surface area (Å²) >= 11 is 0. The molecule has 2 amide bonds. The number of amides is 2. The number of aliphatic carboxylic acids is 1. The van der Waals surface area contributed by atoms with Gasteiger partial charge in [-0.25, -0.2) is 4.79 Å². The molecule has 0 saturated heterocycles. The maximum absolute atomic E-state index is 14.5. The average molecular weight is 460 g/mol. The van der Waals surface area contributed by atoms with E-state index in [0.717, 1.165) is 22.3 Å². The van der Waals surface area contributed by atoms with Crippen LogP contribution in [0.5, 0.6) is 0 Å². The number of hydrogen-bond donors (Lipinski definition) is 2. The minimum Gasteiger partial charge on any atom is -0.480 e. The van der Waals surface area contributed by atoms with Crippen molar-refractivity contribution in [3.8, 4) is 11.1 Å². The zero-order valence-electron chi connectivity index (χ0n) is 18.6. The molecule has 1 aliphatic rings. The van der Waals surface area contributed by atoms with Gasteiger partial charge in [0.15, 0.2) is 0 Å². The van der Waals surface area contributed by atoms with Crippen molar-refractivity contribution in [3.05, 3.63) is 59.7 Å². The summed E-state index contributed by atoms with van der Waals surface area (Å²) in [5, 5.41) is 10.9. The minimum absolute atomic E-state index is 0.0630. The van der Waals surface area contributed by atoms with Gasteiger partial charge in [-0.05, 0) is 43.0 Å². The maximum atomic E-state index is 14.5. The van der Waals surface area contributed by atoms with E-state index in [1.54, 1.807) is 0 Å². The molecule has 2 aromatic carbocycles. The lowest BCUT2D eigenvalue weighted by atomic mass is 9.98. The molecule has 0 fully saturated rings. The van der Waals surface area contributed by atoms with Gasteiger partial charge >= 0.3 is 18.0 Å². The number of hydrogen-bond acceptors (Lipinski definition) is 4. The number of carbonyl (C=O) groups is 3. The van der Waals surface area contributed by atoms with E-state index in [4.69, 9.17) is 9.84 Å². The van der Waals surface area contributed by atoms with E-state index in [-0.39, 0.29) is 12.5 Å². The molecule has 9 heteroatoms. The topological polar surface area (TPSA) is 95.9 Å². The second-order valence-electron chi connectivity index (χ2n) is 8.84. The number of nitrogens with zero attached hydrogens (tertiary/aromatic N) is 1. The number of alkyl halides is 2. The quantitative estimate of drug-likeness (QED) is 0.654. The van der Waals surface area contributed by atoms with E-state index in [1.807, 2.05) is 53.8 Å². The molecule has 0 radical (unpaired) electrons. The van der Waals surface area contributed by atoms with Crippen molar-refractivity contribution in [2.24, 2.45) is 0 Å². The van der Waals surface area contributed by atoms with Crippen molar-refractivity contribution in [2.75, 3.05) is 19.7 Å². The van der Waals surface area contributed by atoms with Gasteiger partial charge in [-0.2, -0.15) is 8.78 Å². The monoisotopic (exact) mass is 460 g/mol. The SMILES string of the molecule is CC(C)(C)N(CC(=O)O)C(=O)C(F)(F)CNC(=O)OCC1c2ccccc2-c2ccccc21. The zero-order valence-corrected chi connectivity index (χ0v) is 18.6. The smallest absolute Gasteiger partial charge is 0.407 e. The van der Waals surface area contributed by atoms with Gasteiger partial charge < -0.3 is 20.1 Å². The Morgan fingerprint density at radius 1 is 1.00 bits per heavy atom. The molecule has 1 aliphatic carbocycles.